The SMILES string of the molecule is CCCCN1[C@@H](CO)C(O)[C@@H]1CO. The Morgan fingerprint density at radius 1 is 1.15 bits per heavy atom. The van der Waals surface area contributed by atoms with Crippen molar-refractivity contribution in [2.24, 2.45) is 0 Å². The molecule has 1 rings (SSSR count). The van der Waals surface area contributed by atoms with Crippen molar-refractivity contribution in [3.05, 3.63) is 0 Å². The van der Waals surface area contributed by atoms with Crippen LogP contribution in [0.1, 0.15) is 19.8 Å². The van der Waals surface area contributed by atoms with Crippen molar-refractivity contribution in [3.63, 3.8) is 0 Å². The number of hydrogen-bond acceptors (Lipinski definition) is 4. The van der Waals surface area contributed by atoms with Crippen LogP contribution in [0.5, 0.6) is 0 Å². The second kappa shape index (κ2) is 4.91. The van der Waals surface area contributed by atoms with E-state index in [-0.39, 0.29) is 25.3 Å². The molecule has 1 fully saturated rings. The van der Waals surface area contributed by atoms with Gasteiger partial charge in [-0.3, -0.25) is 4.90 Å². The average Bonchev–Trinajstić information content (AvgIpc) is 2.13. The molecule has 4 heteroatoms. The molecule has 0 radical (unpaired) electrons. The quantitative estimate of drug-likeness (QED) is 0.529. The highest BCUT2D eigenvalue weighted by Gasteiger charge is 2.45. The maximum absolute atomic E-state index is 9.48. The summed E-state index contributed by atoms with van der Waals surface area (Å²) in [4.78, 5) is 1.98. The van der Waals surface area contributed by atoms with Gasteiger partial charge in [0.2, 0.25) is 0 Å². The highest BCUT2D eigenvalue weighted by atomic mass is 16.3. The molecule has 0 aliphatic carbocycles. The fourth-order valence-corrected chi connectivity index (χ4v) is 1.89. The minimum Gasteiger partial charge on any atom is -0.395 e. The highest BCUT2D eigenvalue weighted by Crippen LogP contribution is 2.25. The van der Waals surface area contributed by atoms with Crippen LogP contribution in [-0.2, 0) is 0 Å². The van der Waals surface area contributed by atoms with Crippen LogP contribution in [0.25, 0.3) is 0 Å². The van der Waals surface area contributed by atoms with Crippen molar-refractivity contribution in [2.75, 3.05) is 19.8 Å². The molecule has 0 spiro atoms. The smallest absolute Gasteiger partial charge is 0.0895 e. The summed E-state index contributed by atoms with van der Waals surface area (Å²) in [5.74, 6) is 0. The Labute approximate surface area is 78.8 Å². The molecule has 0 aromatic heterocycles. The molecule has 13 heavy (non-hydrogen) atoms. The Kier molecular flexibility index (Phi) is 4.12. The first-order valence-electron chi connectivity index (χ1n) is 4.91. The van der Waals surface area contributed by atoms with E-state index in [0.29, 0.717) is 0 Å². The van der Waals surface area contributed by atoms with Crippen LogP contribution < -0.4 is 0 Å². The van der Waals surface area contributed by atoms with E-state index >= 15 is 0 Å². The van der Waals surface area contributed by atoms with Crippen LogP contribution in [-0.4, -0.2) is 58.2 Å². The molecular weight excluding hydrogens is 170 g/mol. The maximum Gasteiger partial charge on any atom is 0.0895 e. The first-order chi connectivity index (χ1) is 6.26. The van der Waals surface area contributed by atoms with Crippen molar-refractivity contribution in [1.29, 1.82) is 0 Å². The van der Waals surface area contributed by atoms with E-state index in [2.05, 4.69) is 6.92 Å². The standard InChI is InChI=1S/C9H19NO3/c1-2-3-4-10-7(5-11)9(13)8(10)6-12/h7-9,11-13H,2-6H2,1H3/t7-,8-/m0/s1. The van der Waals surface area contributed by atoms with E-state index in [0.717, 1.165) is 19.4 Å². The molecule has 1 heterocycles. The Balaban J connectivity index is 2.39. The van der Waals surface area contributed by atoms with Gasteiger partial charge in [-0.1, -0.05) is 13.3 Å². The van der Waals surface area contributed by atoms with Crippen molar-refractivity contribution in [2.45, 2.75) is 38.0 Å². The molecule has 4 nitrogen and oxygen atoms in total. The molecule has 0 aromatic rings. The predicted molar refractivity (Wildman–Crippen MR) is 49.4 cm³/mol. The van der Waals surface area contributed by atoms with Crippen LogP contribution >= 0.6 is 0 Å². The molecule has 1 aliphatic heterocycles. The Morgan fingerprint density at radius 3 is 2.08 bits per heavy atom. The fraction of sp³-hybridized carbons (Fsp3) is 1.00. The van der Waals surface area contributed by atoms with Crippen LogP contribution in [0.3, 0.4) is 0 Å². The zero-order valence-electron chi connectivity index (χ0n) is 8.06. The summed E-state index contributed by atoms with van der Waals surface area (Å²) in [7, 11) is 0. The van der Waals surface area contributed by atoms with E-state index < -0.39 is 6.10 Å². The van der Waals surface area contributed by atoms with Gasteiger partial charge in [-0.05, 0) is 13.0 Å². The fourth-order valence-electron chi connectivity index (χ4n) is 1.89. The first-order valence-corrected chi connectivity index (χ1v) is 4.91. The van der Waals surface area contributed by atoms with Gasteiger partial charge in [0.15, 0.2) is 0 Å². The third-order valence-corrected chi connectivity index (χ3v) is 2.78. The first kappa shape index (κ1) is 10.9. The van der Waals surface area contributed by atoms with Crippen LogP contribution in [0.2, 0.25) is 0 Å². The minimum absolute atomic E-state index is 0.0264. The molecule has 0 saturated carbocycles. The number of unbranched alkanes of at least 4 members (excludes halogenated alkanes) is 1. The molecule has 78 valence electrons. The summed E-state index contributed by atoms with van der Waals surface area (Å²) < 4.78 is 0. The van der Waals surface area contributed by atoms with Gasteiger partial charge in [-0.25, -0.2) is 0 Å². The summed E-state index contributed by atoms with van der Waals surface area (Å²) in [6.45, 7) is 2.89. The topological polar surface area (TPSA) is 63.9 Å². The molecule has 2 atom stereocenters. The van der Waals surface area contributed by atoms with E-state index in [1.807, 2.05) is 4.90 Å². The summed E-state index contributed by atoms with van der Waals surface area (Å²) >= 11 is 0. The van der Waals surface area contributed by atoms with Crippen LogP contribution in [0.15, 0.2) is 0 Å². The lowest BCUT2D eigenvalue weighted by Gasteiger charge is -2.51. The average molecular weight is 189 g/mol. The lowest BCUT2D eigenvalue weighted by molar-refractivity contribution is -0.147. The molecular formula is C9H19NO3. The largest absolute Gasteiger partial charge is 0.395 e. The number of rotatable bonds is 5. The predicted octanol–water partition coefficient (Wildman–Crippen LogP) is -0.815. The van der Waals surface area contributed by atoms with Gasteiger partial charge >= 0.3 is 0 Å². The van der Waals surface area contributed by atoms with E-state index in [1.165, 1.54) is 0 Å². The monoisotopic (exact) mass is 189 g/mol. The lowest BCUT2D eigenvalue weighted by Crippen LogP contribution is -2.70. The van der Waals surface area contributed by atoms with Crippen LogP contribution in [0.4, 0.5) is 0 Å². The zero-order valence-corrected chi connectivity index (χ0v) is 8.06. The third kappa shape index (κ3) is 2.02. The van der Waals surface area contributed by atoms with Crippen LogP contribution in [0, 0.1) is 0 Å². The molecule has 0 unspecified atom stereocenters. The number of nitrogens with zero attached hydrogens (tertiary/aromatic N) is 1. The van der Waals surface area contributed by atoms with Crippen molar-refractivity contribution in [1.82, 2.24) is 4.90 Å². The molecule has 0 aromatic carbocycles. The number of hydrogen-bond donors (Lipinski definition) is 3. The molecule has 0 bridgehead atoms. The third-order valence-electron chi connectivity index (χ3n) is 2.78. The van der Waals surface area contributed by atoms with Crippen molar-refractivity contribution >= 4 is 0 Å². The second-order valence-electron chi connectivity index (χ2n) is 3.58. The molecule has 1 aliphatic rings. The Hall–Kier alpha value is -0.160. The van der Waals surface area contributed by atoms with Gasteiger partial charge in [0, 0.05) is 0 Å². The normalized spacial score (nSPS) is 30.5. The van der Waals surface area contributed by atoms with E-state index in [4.69, 9.17) is 10.2 Å². The molecule has 3 N–H and O–H groups in total. The minimum atomic E-state index is -0.563. The van der Waals surface area contributed by atoms with Crippen molar-refractivity contribution < 1.29 is 15.3 Å². The van der Waals surface area contributed by atoms with E-state index in [1.54, 1.807) is 0 Å². The van der Waals surface area contributed by atoms with Gasteiger partial charge in [-0.2, -0.15) is 0 Å². The highest BCUT2D eigenvalue weighted by molar-refractivity contribution is 5.00. The lowest BCUT2D eigenvalue weighted by atomic mass is 9.89. The van der Waals surface area contributed by atoms with E-state index in [9.17, 15) is 5.11 Å². The number of likely N-dealkylation sites (tertiary alicyclic amines) is 1. The summed E-state index contributed by atoms with van der Waals surface area (Å²) in [6.07, 6.45) is 1.56. The molecule has 0 amide bonds. The van der Waals surface area contributed by atoms with Gasteiger partial charge in [-0.15, -0.1) is 0 Å². The van der Waals surface area contributed by atoms with Gasteiger partial charge in [0.25, 0.3) is 0 Å². The van der Waals surface area contributed by atoms with Gasteiger partial charge < -0.3 is 15.3 Å². The second-order valence-corrected chi connectivity index (χ2v) is 3.58. The summed E-state index contributed by atoms with van der Waals surface area (Å²) in [5, 5.41) is 27.4. The van der Waals surface area contributed by atoms with Crippen molar-refractivity contribution in [3.8, 4) is 0 Å². The Bertz CT molecular complexity index is 142. The summed E-state index contributed by atoms with van der Waals surface area (Å²) in [5.41, 5.74) is 0. The molecule has 1 saturated heterocycles. The summed E-state index contributed by atoms with van der Waals surface area (Å²) in [6, 6.07) is -0.326. The maximum atomic E-state index is 9.48. The number of aliphatic hydroxyl groups is 3. The van der Waals surface area contributed by atoms with Gasteiger partial charge in [0.1, 0.15) is 0 Å². The zero-order chi connectivity index (χ0) is 9.84. The number of aliphatic hydroxyl groups excluding tert-OH is 3. The van der Waals surface area contributed by atoms with Gasteiger partial charge in [0.05, 0.1) is 31.4 Å². The Morgan fingerprint density at radius 2 is 1.69 bits per heavy atom.